The number of aryl methyl sites for hydroxylation is 2. The predicted molar refractivity (Wildman–Crippen MR) is 150 cm³/mol. The molecule has 0 atom stereocenters. The van der Waals surface area contributed by atoms with Crippen LogP contribution in [0.5, 0.6) is 0 Å². The standard InChI is InChI=1S/C30H30FN3O3S/c1-18(2)12-13-32-28(36)21-9-11-25-26(15-21)33-30(34(29(25)37)23-7-5-6-22(31)16-23)38-17-27(35)24-10-8-19(3)14-20(24)4/h5-11,14-16,18H,12-13,17H2,1-4H3,(H,32,36). The quantitative estimate of drug-likeness (QED) is 0.165. The molecule has 0 aliphatic heterocycles. The molecule has 0 spiro atoms. The Morgan fingerprint density at radius 3 is 2.55 bits per heavy atom. The Balaban J connectivity index is 1.73. The molecule has 0 radical (unpaired) electrons. The minimum Gasteiger partial charge on any atom is -0.352 e. The maximum absolute atomic E-state index is 14.1. The van der Waals surface area contributed by atoms with E-state index in [4.69, 9.17) is 0 Å². The number of Topliss-reactive ketones (excluding diaryl/α,β-unsaturated/α-hetero) is 1. The summed E-state index contributed by atoms with van der Waals surface area (Å²) in [4.78, 5) is 44.0. The molecule has 0 aliphatic carbocycles. The molecule has 1 aromatic heterocycles. The summed E-state index contributed by atoms with van der Waals surface area (Å²) in [5, 5.41) is 3.42. The van der Waals surface area contributed by atoms with Crippen molar-refractivity contribution in [1.82, 2.24) is 14.9 Å². The lowest BCUT2D eigenvalue weighted by Crippen LogP contribution is -2.26. The van der Waals surface area contributed by atoms with Gasteiger partial charge in [0.1, 0.15) is 5.82 Å². The molecule has 0 saturated heterocycles. The fraction of sp³-hybridized carbons (Fsp3) is 0.267. The summed E-state index contributed by atoms with van der Waals surface area (Å²) in [6.45, 7) is 8.56. The Hall–Kier alpha value is -3.78. The molecule has 1 N–H and O–H groups in total. The van der Waals surface area contributed by atoms with Crippen molar-refractivity contribution < 1.29 is 14.0 Å². The van der Waals surface area contributed by atoms with Crippen LogP contribution in [-0.4, -0.2) is 33.5 Å². The summed E-state index contributed by atoms with van der Waals surface area (Å²) in [6.07, 6.45) is 0.852. The van der Waals surface area contributed by atoms with Crippen molar-refractivity contribution in [3.05, 3.63) is 99.1 Å². The Labute approximate surface area is 225 Å². The van der Waals surface area contributed by atoms with Crippen molar-refractivity contribution in [2.24, 2.45) is 5.92 Å². The monoisotopic (exact) mass is 531 g/mol. The van der Waals surface area contributed by atoms with E-state index in [1.807, 2.05) is 26.0 Å². The van der Waals surface area contributed by atoms with Gasteiger partial charge in [-0.25, -0.2) is 9.37 Å². The third kappa shape index (κ3) is 6.19. The molecular weight excluding hydrogens is 501 g/mol. The van der Waals surface area contributed by atoms with Crippen LogP contribution in [0.3, 0.4) is 0 Å². The fourth-order valence-electron chi connectivity index (χ4n) is 4.16. The molecule has 8 heteroatoms. The predicted octanol–water partition coefficient (Wildman–Crippen LogP) is 5.89. The van der Waals surface area contributed by atoms with E-state index in [1.165, 1.54) is 22.8 Å². The topological polar surface area (TPSA) is 81.1 Å². The molecule has 0 saturated carbocycles. The number of hydrogen-bond donors (Lipinski definition) is 1. The summed E-state index contributed by atoms with van der Waals surface area (Å²) in [5.74, 6) is -0.355. The highest BCUT2D eigenvalue weighted by molar-refractivity contribution is 7.99. The zero-order valence-electron chi connectivity index (χ0n) is 21.9. The molecule has 0 aliphatic rings. The number of nitrogens with zero attached hydrogens (tertiary/aromatic N) is 2. The second-order valence-corrected chi connectivity index (χ2v) is 10.7. The third-order valence-corrected chi connectivity index (χ3v) is 7.13. The highest BCUT2D eigenvalue weighted by Crippen LogP contribution is 2.24. The van der Waals surface area contributed by atoms with Gasteiger partial charge in [-0.3, -0.25) is 19.0 Å². The molecule has 4 aromatic rings. The molecular formula is C30H30FN3O3S. The first kappa shape index (κ1) is 27.3. The summed E-state index contributed by atoms with van der Waals surface area (Å²) in [6, 6.07) is 16.0. The molecule has 0 fully saturated rings. The SMILES string of the molecule is Cc1ccc(C(=O)CSc2nc3cc(C(=O)NCCC(C)C)ccc3c(=O)n2-c2cccc(F)c2)c(C)c1. The zero-order valence-corrected chi connectivity index (χ0v) is 22.7. The maximum atomic E-state index is 14.1. The first-order chi connectivity index (χ1) is 18.1. The minimum atomic E-state index is -0.495. The van der Waals surface area contributed by atoms with Crippen molar-refractivity contribution >= 4 is 34.4 Å². The van der Waals surface area contributed by atoms with Gasteiger partial charge >= 0.3 is 0 Å². The second kappa shape index (κ2) is 11.7. The van der Waals surface area contributed by atoms with E-state index in [1.54, 1.807) is 30.3 Å². The van der Waals surface area contributed by atoms with Crippen LogP contribution in [0.2, 0.25) is 0 Å². The largest absolute Gasteiger partial charge is 0.352 e. The second-order valence-electron chi connectivity index (χ2n) is 9.72. The van der Waals surface area contributed by atoms with Gasteiger partial charge in [-0.2, -0.15) is 0 Å². The number of halogens is 1. The van der Waals surface area contributed by atoms with Gasteiger partial charge in [-0.1, -0.05) is 55.4 Å². The van der Waals surface area contributed by atoms with Gasteiger partial charge in [0, 0.05) is 17.7 Å². The van der Waals surface area contributed by atoms with E-state index in [0.717, 1.165) is 29.3 Å². The van der Waals surface area contributed by atoms with Crippen molar-refractivity contribution in [2.75, 3.05) is 12.3 Å². The van der Waals surface area contributed by atoms with E-state index in [-0.39, 0.29) is 28.0 Å². The van der Waals surface area contributed by atoms with Gasteiger partial charge in [-0.15, -0.1) is 0 Å². The number of hydrogen-bond acceptors (Lipinski definition) is 5. The third-order valence-electron chi connectivity index (χ3n) is 6.19. The molecule has 0 bridgehead atoms. The smallest absolute Gasteiger partial charge is 0.266 e. The number of fused-ring (bicyclic) bond motifs is 1. The maximum Gasteiger partial charge on any atom is 0.266 e. The van der Waals surface area contributed by atoms with Gasteiger partial charge in [0.15, 0.2) is 10.9 Å². The number of rotatable bonds is 9. The molecule has 1 heterocycles. The number of thioether (sulfide) groups is 1. The van der Waals surface area contributed by atoms with Gasteiger partial charge in [-0.05, 0) is 68.1 Å². The van der Waals surface area contributed by atoms with E-state index in [2.05, 4.69) is 24.1 Å². The average Bonchev–Trinajstić information content (AvgIpc) is 2.86. The summed E-state index contributed by atoms with van der Waals surface area (Å²) < 4.78 is 15.4. The van der Waals surface area contributed by atoms with E-state index < -0.39 is 11.4 Å². The lowest BCUT2D eigenvalue weighted by molar-refractivity contribution is 0.0951. The number of aromatic nitrogens is 2. The van der Waals surface area contributed by atoms with Crippen molar-refractivity contribution in [1.29, 1.82) is 0 Å². The zero-order chi connectivity index (χ0) is 27.4. The molecule has 0 unspecified atom stereocenters. The van der Waals surface area contributed by atoms with Gasteiger partial charge in [0.05, 0.1) is 22.3 Å². The average molecular weight is 532 g/mol. The van der Waals surface area contributed by atoms with Crippen LogP contribution in [0.15, 0.2) is 70.6 Å². The molecule has 3 aromatic carbocycles. The Kier molecular flexibility index (Phi) is 8.42. The number of carbonyl (C=O) groups excluding carboxylic acids is 2. The minimum absolute atomic E-state index is 0.0343. The van der Waals surface area contributed by atoms with Crippen LogP contribution in [0.4, 0.5) is 4.39 Å². The number of benzene rings is 3. The normalized spacial score (nSPS) is 11.2. The highest BCUT2D eigenvalue weighted by Gasteiger charge is 2.18. The number of ketones is 1. The van der Waals surface area contributed by atoms with Gasteiger partial charge in [0.2, 0.25) is 0 Å². The lowest BCUT2D eigenvalue weighted by atomic mass is 10.0. The summed E-state index contributed by atoms with van der Waals surface area (Å²) in [7, 11) is 0. The van der Waals surface area contributed by atoms with Crippen molar-refractivity contribution in [3.63, 3.8) is 0 Å². The number of amides is 1. The molecule has 1 amide bonds. The van der Waals surface area contributed by atoms with Crippen LogP contribution in [0, 0.1) is 25.6 Å². The first-order valence-corrected chi connectivity index (χ1v) is 13.5. The van der Waals surface area contributed by atoms with E-state index in [9.17, 15) is 18.8 Å². The molecule has 6 nitrogen and oxygen atoms in total. The van der Waals surface area contributed by atoms with Crippen molar-refractivity contribution in [3.8, 4) is 5.69 Å². The van der Waals surface area contributed by atoms with Crippen LogP contribution in [-0.2, 0) is 0 Å². The lowest BCUT2D eigenvalue weighted by Gasteiger charge is -2.14. The Morgan fingerprint density at radius 1 is 1.05 bits per heavy atom. The van der Waals surface area contributed by atoms with Gasteiger partial charge < -0.3 is 5.32 Å². The number of nitrogens with one attached hydrogen (secondary N) is 1. The molecule has 4 rings (SSSR count). The van der Waals surface area contributed by atoms with E-state index in [0.29, 0.717) is 34.8 Å². The van der Waals surface area contributed by atoms with Crippen molar-refractivity contribution in [2.45, 2.75) is 39.3 Å². The summed E-state index contributed by atoms with van der Waals surface area (Å²) >= 11 is 1.10. The van der Waals surface area contributed by atoms with Crippen LogP contribution < -0.4 is 10.9 Å². The van der Waals surface area contributed by atoms with Crippen LogP contribution in [0.25, 0.3) is 16.6 Å². The van der Waals surface area contributed by atoms with Gasteiger partial charge in [0.25, 0.3) is 11.5 Å². The molecule has 38 heavy (non-hydrogen) atoms. The highest BCUT2D eigenvalue weighted by atomic mass is 32.2. The van der Waals surface area contributed by atoms with E-state index >= 15 is 0 Å². The Bertz CT molecular complexity index is 1580. The first-order valence-electron chi connectivity index (χ1n) is 12.5. The summed E-state index contributed by atoms with van der Waals surface area (Å²) in [5.41, 5.74) is 3.16. The number of carbonyl (C=O) groups is 2. The van der Waals surface area contributed by atoms with Crippen LogP contribution >= 0.6 is 11.8 Å². The Morgan fingerprint density at radius 2 is 1.84 bits per heavy atom. The fourth-order valence-corrected chi connectivity index (χ4v) is 5.05. The van der Waals surface area contributed by atoms with Crippen LogP contribution in [0.1, 0.15) is 52.1 Å². The molecule has 196 valence electrons.